The fourth-order valence-electron chi connectivity index (χ4n) is 2.09. The fraction of sp³-hybridized carbons (Fsp3) is 0.600. The van der Waals surface area contributed by atoms with Gasteiger partial charge in [0.05, 0.1) is 0 Å². The lowest BCUT2D eigenvalue weighted by Crippen LogP contribution is -2.21. The van der Waals surface area contributed by atoms with E-state index in [4.69, 9.17) is 0 Å². The van der Waals surface area contributed by atoms with E-state index in [1.807, 2.05) is 6.92 Å². The molecule has 1 N–H and O–H groups in total. The van der Waals surface area contributed by atoms with Gasteiger partial charge in [-0.2, -0.15) is 0 Å². The lowest BCUT2D eigenvalue weighted by molar-refractivity contribution is 0.449. The van der Waals surface area contributed by atoms with Gasteiger partial charge in [0.2, 0.25) is 0 Å². The first kappa shape index (κ1) is 15.1. The van der Waals surface area contributed by atoms with Crippen LogP contribution in [-0.2, 0) is 0 Å². The van der Waals surface area contributed by atoms with Gasteiger partial charge in [0.1, 0.15) is 0 Å². The van der Waals surface area contributed by atoms with Gasteiger partial charge >= 0.3 is 0 Å². The highest BCUT2D eigenvalue weighted by molar-refractivity contribution is 5.21. The average Bonchev–Trinajstić information content (AvgIpc) is 2.31. The molecule has 18 heavy (non-hydrogen) atoms. The fourth-order valence-corrected chi connectivity index (χ4v) is 2.09. The quantitative estimate of drug-likeness (QED) is 0.759. The van der Waals surface area contributed by atoms with E-state index in [9.17, 15) is 8.78 Å². The van der Waals surface area contributed by atoms with Crippen LogP contribution in [-0.4, -0.2) is 6.54 Å². The minimum atomic E-state index is -0.781. The van der Waals surface area contributed by atoms with Crippen LogP contribution in [0.25, 0.3) is 0 Å². The van der Waals surface area contributed by atoms with Gasteiger partial charge in [-0.1, -0.05) is 39.7 Å². The van der Waals surface area contributed by atoms with E-state index in [0.29, 0.717) is 5.92 Å². The Labute approximate surface area is 109 Å². The van der Waals surface area contributed by atoms with Gasteiger partial charge in [0.15, 0.2) is 11.6 Å². The lowest BCUT2D eigenvalue weighted by Gasteiger charge is -2.19. The smallest absolute Gasteiger partial charge is 0.159 e. The maximum Gasteiger partial charge on any atom is 0.159 e. The summed E-state index contributed by atoms with van der Waals surface area (Å²) in [4.78, 5) is 0. The van der Waals surface area contributed by atoms with Crippen molar-refractivity contribution in [3.63, 3.8) is 0 Å². The number of rotatable bonds is 7. The Balaban J connectivity index is 2.67. The molecule has 1 nitrogen and oxygen atoms in total. The number of hydrogen-bond acceptors (Lipinski definition) is 1. The summed E-state index contributed by atoms with van der Waals surface area (Å²) >= 11 is 0. The van der Waals surface area contributed by atoms with Crippen LogP contribution in [0.4, 0.5) is 8.78 Å². The van der Waals surface area contributed by atoms with Gasteiger partial charge in [-0.3, -0.25) is 0 Å². The highest BCUT2D eigenvalue weighted by Gasteiger charge is 2.12. The largest absolute Gasteiger partial charge is 0.310 e. The molecule has 1 unspecified atom stereocenters. The molecular weight excluding hydrogens is 232 g/mol. The Kier molecular flexibility index (Phi) is 6.27. The van der Waals surface area contributed by atoms with E-state index in [-0.39, 0.29) is 6.04 Å². The number of halogens is 2. The van der Waals surface area contributed by atoms with Gasteiger partial charge in [0, 0.05) is 6.04 Å². The van der Waals surface area contributed by atoms with Crippen LogP contribution < -0.4 is 5.32 Å². The van der Waals surface area contributed by atoms with Crippen LogP contribution >= 0.6 is 0 Å². The Morgan fingerprint density at radius 3 is 2.39 bits per heavy atom. The SMILES string of the molecule is CCNC(CCCC(C)C)c1ccc(F)c(F)c1. The molecule has 1 atom stereocenters. The first-order chi connectivity index (χ1) is 8.54. The maximum absolute atomic E-state index is 13.2. The summed E-state index contributed by atoms with van der Waals surface area (Å²) in [6.45, 7) is 7.24. The molecular formula is C15H23F2N. The maximum atomic E-state index is 13.2. The van der Waals surface area contributed by atoms with Crippen LogP contribution in [0.2, 0.25) is 0 Å². The topological polar surface area (TPSA) is 12.0 Å². The minimum Gasteiger partial charge on any atom is -0.310 e. The molecule has 3 heteroatoms. The van der Waals surface area contributed by atoms with Crippen molar-refractivity contribution in [1.29, 1.82) is 0 Å². The van der Waals surface area contributed by atoms with Crippen molar-refractivity contribution in [2.75, 3.05) is 6.54 Å². The highest BCUT2D eigenvalue weighted by Crippen LogP contribution is 2.22. The van der Waals surface area contributed by atoms with Crippen molar-refractivity contribution < 1.29 is 8.78 Å². The summed E-state index contributed by atoms with van der Waals surface area (Å²) in [6.07, 6.45) is 3.21. The Morgan fingerprint density at radius 1 is 1.11 bits per heavy atom. The van der Waals surface area contributed by atoms with E-state index in [2.05, 4.69) is 19.2 Å². The van der Waals surface area contributed by atoms with Gasteiger partial charge in [0.25, 0.3) is 0 Å². The van der Waals surface area contributed by atoms with E-state index >= 15 is 0 Å². The van der Waals surface area contributed by atoms with Crippen molar-refractivity contribution >= 4 is 0 Å². The predicted octanol–water partition coefficient (Wildman–Crippen LogP) is 4.44. The van der Waals surface area contributed by atoms with E-state index in [0.717, 1.165) is 31.4 Å². The Morgan fingerprint density at radius 2 is 1.83 bits per heavy atom. The molecule has 0 aliphatic heterocycles. The molecule has 0 bridgehead atoms. The van der Waals surface area contributed by atoms with E-state index in [1.165, 1.54) is 12.1 Å². The molecule has 0 heterocycles. The first-order valence-electron chi connectivity index (χ1n) is 6.73. The molecule has 0 saturated carbocycles. The van der Waals surface area contributed by atoms with Crippen LogP contribution in [0.5, 0.6) is 0 Å². The van der Waals surface area contributed by atoms with Crippen molar-refractivity contribution in [3.05, 3.63) is 35.4 Å². The van der Waals surface area contributed by atoms with Gasteiger partial charge < -0.3 is 5.32 Å². The van der Waals surface area contributed by atoms with Crippen LogP contribution in [0.1, 0.15) is 51.6 Å². The molecule has 1 aromatic carbocycles. The molecule has 0 fully saturated rings. The molecule has 0 aliphatic carbocycles. The standard InChI is InChI=1S/C15H23F2N/c1-4-18-15(7-5-6-11(2)3)12-8-9-13(16)14(17)10-12/h8-11,15,18H,4-7H2,1-3H3. The van der Waals surface area contributed by atoms with Crippen molar-refractivity contribution in [2.24, 2.45) is 5.92 Å². The molecule has 0 aliphatic rings. The van der Waals surface area contributed by atoms with Gasteiger partial charge in [-0.15, -0.1) is 0 Å². The molecule has 102 valence electrons. The third-order valence-electron chi connectivity index (χ3n) is 3.07. The average molecular weight is 255 g/mol. The molecule has 1 rings (SSSR count). The normalized spacial score (nSPS) is 13.0. The second-order valence-electron chi connectivity index (χ2n) is 5.11. The predicted molar refractivity (Wildman–Crippen MR) is 71.5 cm³/mol. The van der Waals surface area contributed by atoms with Crippen LogP contribution in [0.15, 0.2) is 18.2 Å². The van der Waals surface area contributed by atoms with E-state index < -0.39 is 11.6 Å². The Hall–Kier alpha value is -0.960. The second kappa shape index (κ2) is 7.47. The van der Waals surface area contributed by atoms with Crippen molar-refractivity contribution in [1.82, 2.24) is 5.32 Å². The molecule has 0 amide bonds. The second-order valence-corrected chi connectivity index (χ2v) is 5.11. The zero-order valence-corrected chi connectivity index (χ0v) is 11.5. The third-order valence-corrected chi connectivity index (χ3v) is 3.07. The third kappa shape index (κ3) is 4.73. The first-order valence-corrected chi connectivity index (χ1v) is 6.73. The summed E-state index contributed by atoms with van der Waals surface area (Å²) in [5.74, 6) is -0.868. The molecule has 0 saturated heterocycles. The van der Waals surface area contributed by atoms with Gasteiger partial charge in [-0.05, 0) is 36.6 Å². The summed E-state index contributed by atoms with van der Waals surface area (Å²) in [5, 5.41) is 3.33. The molecule has 0 aromatic heterocycles. The zero-order chi connectivity index (χ0) is 13.5. The number of hydrogen-bond donors (Lipinski definition) is 1. The summed E-state index contributed by atoms with van der Waals surface area (Å²) in [6, 6.07) is 4.29. The van der Waals surface area contributed by atoms with Crippen LogP contribution in [0, 0.1) is 17.6 Å². The lowest BCUT2D eigenvalue weighted by atomic mass is 9.98. The molecule has 1 aromatic rings. The summed E-state index contributed by atoms with van der Waals surface area (Å²) in [5.41, 5.74) is 0.833. The minimum absolute atomic E-state index is 0.115. The number of nitrogens with one attached hydrogen (secondary N) is 1. The van der Waals surface area contributed by atoms with Crippen LogP contribution in [0.3, 0.4) is 0 Å². The highest BCUT2D eigenvalue weighted by atomic mass is 19.2. The van der Waals surface area contributed by atoms with E-state index in [1.54, 1.807) is 6.07 Å². The summed E-state index contributed by atoms with van der Waals surface area (Å²) < 4.78 is 26.1. The van der Waals surface area contributed by atoms with Crippen molar-refractivity contribution in [2.45, 2.75) is 46.1 Å². The molecule has 0 spiro atoms. The summed E-state index contributed by atoms with van der Waals surface area (Å²) in [7, 11) is 0. The molecule has 0 radical (unpaired) electrons. The monoisotopic (exact) mass is 255 g/mol. The van der Waals surface area contributed by atoms with Crippen molar-refractivity contribution in [3.8, 4) is 0 Å². The van der Waals surface area contributed by atoms with Gasteiger partial charge in [-0.25, -0.2) is 8.78 Å². The Bertz CT molecular complexity index is 364. The number of benzene rings is 1. The zero-order valence-electron chi connectivity index (χ0n) is 11.5.